The van der Waals surface area contributed by atoms with Gasteiger partial charge in [0.05, 0.1) is 87.6 Å². The van der Waals surface area contributed by atoms with E-state index in [4.69, 9.17) is 29.4 Å². The van der Waals surface area contributed by atoms with Gasteiger partial charge in [0.15, 0.2) is 23.3 Å². The smallest absolute Gasteiger partial charge is 0.338 e. The Labute approximate surface area is 360 Å². The van der Waals surface area contributed by atoms with Gasteiger partial charge in [0.2, 0.25) is 0 Å². The largest absolute Gasteiger partial charge is 0.466 e. The van der Waals surface area contributed by atoms with E-state index < -0.39 is 71.4 Å². The third-order valence-electron chi connectivity index (χ3n) is 8.77. The molecule has 0 bridgehead atoms. The standard InChI is InChI=1S/2C19H21F2N5O6/c2*1-22-7-11(25-30)8-23-18(28)26-16(10-4-5-12(20)13(21)6-10)15(17(27)32-3)14(9-31-2)24-19(26)29/h2*4-6,16,30H,1,7-9H2,2-3H3,(H,23,28)(H,24,29)/b25-11+;25-11-. The maximum atomic E-state index is 14.0. The van der Waals surface area contributed by atoms with Crippen LogP contribution in [0.4, 0.5) is 36.7 Å². The lowest BCUT2D eigenvalue weighted by atomic mass is 9.93. The number of urea groups is 4. The van der Waals surface area contributed by atoms with Gasteiger partial charge in [-0.2, -0.15) is 0 Å². The minimum atomic E-state index is -1.48. The highest BCUT2D eigenvalue weighted by Gasteiger charge is 2.44. The second kappa shape index (κ2) is 24.0. The Bertz CT molecular complexity index is 2120. The molecule has 6 N–H and O–H groups in total. The summed E-state index contributed by atoms with van der Waals surface area (Å²) < 4.78 is 74.6. The van der Waals surface area contributed by atoms with Crippen molar-refractivity contribution in [3.63, 3.8) is 0 Å². The normalized spacial score (nSPS) is 16.5. The fourth-order valence-corrected chi connectivity index (χ4v) is 5.99. The highest BCUT2D eigenvalue weighted by molar-refractivity contribution is 6.04. The van der Waals surface area contributed by atoms with Crippen molar-refractivity contribution in [2.45, 2.75) is 12.1 Å². The number of ether oxygens (including phenoxy) is 4. The summed E-state index contributed by atoms with van der Waals surface area (Å²) in [6.07, 6.45) is 0. The van der Waals surface area contributed by atoms with Gasteiger partial charge in [0.1, 0.15) is 12.1 Å². The van der Waals surface area contributed by atoms with Gasteiger partial charge in [-0.05, 0) is 48.8 Å². The molecule has 2 aliphatic rings. The molecule has 2 atom stereocenters. The maximum Gasteiger partial charge on any atom is 0.338 e. The zero-order valence-electron chi connectivity index (χ0n) is 34.4. The van der Waals surface area contributed by atoms with Crippen molar-refractivity contribution in [3.05, 3.63) is 93.3 Å². The zero-order chi connectivity index (χ0) is 47.7. The van der Waals surface area contributed by atoms with E-state index in [9.17, 15) is 46.3 Å². The first-order chi connectivity index (χ1) is 30.6. The molecule has 0 aliphatic carbocycles. The number of halogens is 4. The molecule has 4 rings (SSSR count). The SMILES string of the molecule is C=NC/C(CNC(=O)N1C(=O)NC(COC)=C(C(=O)OC)C1c1ccc(F)c(F)c1)=N/O.C=NC/C(CNC(=O)N1C(=O)NC(COC)=C(C(=O)OC)C1c1ccc(F)c(F)c1)=N\O. The number of imide groups is 2. The van der Waals surface area contributed by atoms with Crippen molar-refractivity contribution in [1.29, 1.82) is 0 Å². The van der Waals surface area contributed by atoms with E-state index in [-0.39, 0.29) is 84.5 Å². The molecule has 0 spiro atoms. The third-order valence-corrected chi connectivity index (χ3v) is 8.77. The first kappa shape index (κ1) is 50.6. The van der Waals surface area contributed by atoms with Gasteiger partial charge < -0.3 is 50.6 Å². The number of carbonyl (C=O) groups is 6. The Hall–Kier alpha value is -7.74. The van der Waals surface area contributed by atoms with Crippen LogP contribution < -0.4 is 21.3 Å². The molecule has 2 aromatic rings. The van der Waals surface area contributed by atoms with E-state index in [1.807, 2.05) is 0 Å². The number of esters is 2. The number of hydrogen-bond acceptors (Lipinski definition) is 16. The second-order valence-electron chi connectivity index (χ2n) is 12.8. The van der Waals surface area contributed by atoms with Crippen LogP contribution in [0.25, 0.3) is 0 Å². The summed E-state index contributed by atoms with van der Waals surface area (Å²) in [5.74, 6) is -6.69. The summed E-state index contributed by atoms with van der Waals surface area (Å²) in [4.78, 5) is 84.7. The van der Waals surface area contributed by atoms with Crippen LogP contribution in [-0.2, 0) is 28.5 Å². The van der Waals surface area contributed by atoms with Gasteiger partial charge in [-0.15, -0.1) is 0 Å². The van der Waals surface area contributed by atoms with Crippen LogP contribution >= 0.6 is 0 Å². The monoisotopic (exact) mass is 906 g/mol. The molecule has 26 heteroatoms. The van der Waals surface area contributed by atoms with E-state index >= 15 is 0 Å². The van der Waals surface area contributed by atoms with Crippen LogP contribution in [0, 0.1) is 23.3 Å². The van der Waals surface area contributed by atoms with Gasteiger partial charge in [0, 0.05) is 14.2 Å². The molecule has 2 aliphatic heterocycles. The highest BCUT2D eigenvalue weighted by atomic mass is 19.2. The second-order valence-corrected chi connectivity index (χ2v) is 12.8. The summed E-state index contributed by atoms with van der Waals surface area (Å²) in [5, 5.41) is 33.3. The molecule has 0 saturated heterocycles. The van der Waals surface area contributed by atoms with Crippen molar-refractivity contribution >= 4 is 60.9 Å². The molecular formula is C38H42F4N10O12. The van der Waals surface area contributed by atoms with Gasteiger partial charge in [-0.25, -0.2) is 56.1 Å². The number of hydrogen-bond donors (Lipinski definition) is 6. The van der Waals surface area contributed by atoms with Crippen LogP contribution in [0.2, 0.25) is 0 Å². The van der Waals surface area contributed by atoms with Crippen LogP contribution in [-0.4, -0.2) is 149 Å². The maximum absolute atomic E-state index is 14.0. The average molecular weight is 907 g/mol. The molecule has 64 heavy (non-hydrogen) atoms. The first-order valence-electron chi connectivity index (χ1n) is 18.1. The molecule has 8 amide bonds. The molecule has 2 heterocycles. The summed E-state index contributed by atoms with van der Waals surface area (Å²) in [7, 11) is 4.77. The molecule has 2 aromatic carbocycles. The number of oxime groups is 2. The summed E-state index contributed by atoms with van der Waals surface area (Å²) in [6, 6.07) is -1.61. The number of methoxy groups -OCH3 is 4. The number of amides is 8. The van der Waals surface area contributed by atoms with E-state index in [1.54, 1.807) is 0 Å². The lowest BCUT2D eigenvalue weighted by Crippen LogP contribution is -2.55. The minimum Gasteiger partial charge on any atom is -0.466 e. The summed E-state index contributed by atoms with van der Waals surface area (Å²) >= 11 is 0. The fourth-order valence-electron chi connectivity index (χ4n) is 5.99. The number of benzene rings is 2. The van der Waals surface area contributed by atoms with Crippen molar-refractivity contribution in [2.75, 3.05) is 67.8 Å². The van der Waals surface area contributed by atoms with Gasteiger partial charge in [-0.1, -0.05) is 22.4 Å². The number of rotatable bonds is 16. The molecule has 344 valence electrons. The Morgan fingerprint density at radius 3 is 1.30 bits per heavy atom. The fraction of sp³-hybridized carbons (Fsp3) is 0.316. The number of carbonyl (C=O) groups excluding carboxylic acids is 6. The Kier molecular flexibility index (Phi) is 19.0. The minimum absolute atomic E-state index is 0.0170. The number of nitrogens with zero attached hydrogens (tertiary/aromatic N) is 6. The Balaban J connectivity index is 0.000000340. The molecule has 2 unspecified atom stereocenters. The lowest BCUT2D eigenvalue weighted by Gasteiger charge is -2.36. The topological polar surface area (TPSA) is 284 Å². The molecular weight excluding hydrogens is 864 g/mol. The van der Waals surface area contributed by atoms with E-state index in [0.29, 0.717) is 9.80 Å². The van der Waals surface area contributed by atoms with Gasteiger partial charge in [-0.3, -0.25) is 9.98 Å². The predicted molar refractivity (Wildman–Crippen MR) is 215 cm³/mol. The average Bonchev–Trinajstić information content (AvgIpc) is 3.27. The van der Waals surface area contributed by atoms with Crippen molar-refractivity contribution in [3.8, 4) is 0 Å². The Morgan fingerprint density at radius 2 is 1.02 bits per heavy atom. The number of aliphatic imine (C=N–C) groups is 2. The molecule has 0 radical (unpaired) electrons. The van der Waals surface area contributed by atoms with E-state index in [2.05, 4.69) is 55.0 Å². The quantitative estimate of drug-likeness (QED) is 0.0466. The molecule has 0 aromatic heterocycles. The molecule has 0 fully saturated rings. The highest BCUT2D eigenvalue weighted by Crippen LogP contribution is 2.37. The van der Waals surface area contributed by atoms with Crippen LogP contribution in [0.5, 0.6) is 0 Å². The van der Waals surface area contributed by atoms with E-state index in [0.717, 1.165) is 50.6 Å². The molecule has 0 saturated carbocycles. The number of nitrogens with one attached hydrogen (secondary N) is 4. The van der Waals surface area contributed by atoms with Crippen molar-refractivity contribution < 1.29 is 75.7 Å². The van der Waals surface area contributed by atoms with Gasteiger partial charge in [0.25, 0.3) is 0 Å². The van der Waals surface area contributed by atoms with Crippen LogP contribution in [0.15, 0.2) is 79.2 Å². The first-order valence-corrected chi connectivity index (χ1v) is 18.1. The molecule has 22 nitrogen and oxygen atoms in total. The third kappa shape index (κ3) is 12.2. The predicted octanol–water partition coefficient (Wildman–Crippen LogP) is 2.69. The summed E-state index contributed by atoms with van der Waals surface area (Å²) in [6.45, 7) is 5.19. The lowest BCUT2D eigenvalue weighted by molar-refractivity contribution is -0.137. The van der Waals surface area contributed by atoms with E-state index in [1.165, 1.54) is 14.2 Å². The van der Waals surface area contributed by atoms with Gasteiger partial charge >= 0.3 is 36.1 Å². The summed E-state index contributed by atoms with van der Waals surface area (Å²) in [5.41, 5.74) is -0.581. The Morgan fingerprint density at radius 1 is 0.656 bits per heavy atom. The van der Waals surface area contributed by atoms with Crippen molar-refractivity contribution in [1.82, 2.24) is 31.1 Å². The van der Waals surface area contributed by atoms with Crippen LogP contribution in [0.1, 0.15) is 23.2 Å². The van der Waals surface area contributed by atoms with Crippen LogP contribution in [0.3, 0.4) is 0 Å². The van der Waals surface area contributed by atoms with Crippen molar-refractivity contribution in [2.24, 2.45) is 20.3 Å². The zero-order valence-corrected chi connectivity index (χ0v) is 34.4.